The number of hydrogen-bond donors (Lipinski definition) is 2. The van der Waals surface area contributed by atoms with E-state index in [1.165, 1.54) is 0 Å². The van der Waals surface area contributed by atoms with Gasteiger partial charge >= 0.3 is 0 Å². The number of ether oxygens (including phenoxy) is 1. The zero-order valence-electron chi connectivity index (χ0n) is 16.3. The third-order valence-electron chi connectivity index (χ3n) is 5.97. The predicted molar refractivity (Wildman–Crippen MR) is 105 cm³/mol. The fourth-order valence-corrected chi connectivity index (χ4v) is 4.38. The van der Waals surface area contributed by atoms with Crippen LogP contribution in [0, 0.1) is 17.2 Å². The van der Waals surface area contributed by atoms with Gasteiger partial charge < -0.3 is 9.84 Å². The number of nitrogens with zero attached hydrogens (tertiary/aromatic N) is 5. The van der Waals surface area contributed by atoms with E-state index in [2.05, 4.69) is 27.7 Å². The van der Waals surface area contributed by atoms with Crippen molar-refractivity contribution in [3.63, 3.8) is 0 Å². The molecule has 0 radical (unpaired) electrons. The molecule has 150 valence electrons. The standard InChI is InChI=1S/C21H24N6O2/c1-14(28)12-29-21(5-4-20-16(7-22)8-24-27(20)13-21)17-2-3-18(23-9-17)19-6-15-10-26(11-15)25-19/h2-5,8-9,14-15,19,25,28H,6,10-13H2,1H3/t14-,19?,21?/m0/s1. The second-order valence-electron chi connectivity index (χ2n) is 8.26. The smallest absolute Gasteiger partial charge is 0.133 e. The van der Waals surface area contributed by atoms with Crippen molar-refractivity contribution in [1.29, 1.82) is 5.26 Å². The van der Waals surface area contributed by atoms with E-state index in [4.69, 9.17) is 9.72 Å². The molecule has 6 heterocycles. The first kappa shape index (κ1) is 18.5. The van der Waals surface area contributed by atoms with E-state index in [1.54, 1.807) is 17.8 Å². The Balaban J connectivity index is 1.43. The molecule has 4 aliphatic rings. The predicted octanol–water partition coefficient (Wildman–Crippen LogP) is 1.35. The number of hydrazine groups is 1. The lowest BCUT2D eigenvalue weighted by molar-refractivity contribution is -0.0633. The molecule has 8 nitrogen and oxygen atoms in total. The van der Waals surface area contributed by atoms with E-state index in [0.717, 1.165) is 42.4 Å². The molecule has 8 heteroatoms. The van der Waals surface area contributed by atoms with Crippen LogP contribution in [0.2, 0.25) is 0 Å². The quantitative estimate of drug-likeness (QED) is 0.792. The van der Waals surface area contributed by atoms with Crippen molar-refractivity contribution in [1.82, 2.24) is 25.2 Å². The molecule has 3 atom stereocenters. The monoisotopic (exact) mass is 392 g/mol. The first-order valence-electron chi connectivity index (χ1n) is 10.0. The van der Waals surface area contributed by atoms with Gasteiger partial charge in [0.2, 0.25) is 0 Å². The fraction of sp³-hybridized carbons (Fsp3) is 0.476. The number of hydrogen-bond acceptors (Lipinski definition) is 7. The van der Waals surface area contributed by atoms with Gasteiger partial charge in [-0.05, 0) is 37.5 Å². The first-order chi connectivity index (χ1) is 14.1. The Bertz CT molecular complexity index is 960. The van der Waals surface area contributed by atoms with Crippen molar-refractivity contribution in [2.24, 2.45) is 5.92 Å². The minimum atomic E-state index is -0.792. The van der Waals surface area contributed by atoms with Gasteiger partial charge in [0.15, 0.2) is 0 Å². The van der Waals surface area contributed by atoms with Crippen LogP contribution < -0.4 is 5.43 Å². The highest BCUT2D eigenvalue weighted by molar-refractivity contribution is 5.57. The van der Waals surface area contributed by atoms with Crippen molar-refractivity contribution in [3.05, 3.63) is 53.1 Å². The summed E-state index contributed by atoms with van der Waals surface area (Å²) in [7, 11) is 0. The van der Waals surface area contributed by atoms with Crippen molar-refractivity contribution in [2.45, 2.75) is 37.6 Å². The normalized spacial score (nSPS) is 30.9. The molecule has 2 aromatic heterocycles. The van der Waals surface area contributed by atoms with Gasteiger partial charge in [-0.15, -0.1) is 0 Å². The molecular weight excluding hydrogens is 368 g/mol. The molecule has 0 aliphatic carbocycles. The maximum atomic E-state index is 9.78. The lowest BCUT2D eigenvalue weighted by Gasteiger charge is -2.48. The van der Waals surface area contributed by atoms with Crippen LogP contribution in [0.15, 0.2) is 30.6 Å². The lowest BCUT2D eigenvalue weighted by atomic mass is 9.88. The fourth-order valence-electron chi connectivity index (χ4n) is 4.38. The molecule has 6 rings (SSSR count). The van der Waals surface area contributed by atoms with Crippen LogP contribution in [0.1, 0.15) is 41.9 Å². The summed E-state index contributed by atoms with van der Waals surface area (Å²) < 4.78 is 7.96. The molecule has 2 unspecified atom stereocenters. The Morgan fingerprint density at radius 2 is 2.28 bits per heavy atom. The van der Waals surface area contributed by atoms with Crippen LogP contribution >= 0.6 is 0 Å². The van der Waals surface area contributed by atoms with E-state index < -0.39 is 11.7 Å². The number of aromatic nitrogens is 3. The molecule has 0 amide bonds. The third-order valence-corrected chi connectivity index (χ3v) is 5.97. The molecule has 2 N–H and O–H groups in total. The number of aliphatic hydroxyl groups excluding tert-OH is 1. The molecular formula is C21H24N6O2. The molecule has 4 aliphatic heterocycles. The number of fused-ring (bicyclic) bond motifs is 3. The highest BCUT2D eigenvalue weighted by Crippen LogP contribution is 2.36. The van der Waals surface area contributed by atoms with Crippen molar-refractivity contribution in [3.8, 4) is 6.07 Å². The van der Waals surface area contributed by atoms with Gasteiger partial charge in [0, 0.05) is 24.8 Å². The summed E-state index contributed by atoms with van der Waals surface area (Å²) in [5.74, 6) is 0.761. The Morgan fingerprint density at radius 3 is 2.93 bits per heavy atom. The molecule has 3 saturated heterocycles. The lowest BCUT2D eigenvalue weighted by Crippen LogP contribution is -2.60. The van der Waals surface area contributed by atoms with Crippen molar-refractivity contribution >= 4 is 6.08 Å². The summed E-state index contributed by atoms with van der Waals surface area (Å²) in [6.07, 6.45) is 7.77. The molecule has 0 spiro atoms. The summed E-state index contributed by atoms with van der Waals surface area (Å²) in [6.45, 7) is 4.57. The topological polar surface area (TPSA) is 99.2 Å². The van der Waals surface area contributed by atoms with E-state index in [0.29, 0.717) is 12.1 Å². The van der Waals surface area contributed by atoms with Gasteiger partial charge in [-0.1, -0.05) is 6.07 Å². The molecule has 0 aromatic carbocycles. The molecule has 2 bridgehead atoms. The number of pyridine rings is 1. The van der Waals surface area contributed by atoms with Gasteiger partial charge in [-0.3, -0.25) is 9.67 Å². The summed E-state index contributed by atoms with van der Waals surface area (Å²) in [4.78, 5) is 4.73. The van der Waals surface area contributed by atoms with E-state index >= 15 is 0 Å². The highest BCUT2D eigenvalue weighted by Gasteiger charge is 2.39. The summed E-state index contributed by atoms with van der Waals surface area (Å²) in [6, 6.07) is 6.52. The van der Waals surface area contributed by atoms with Crippen LogP contribution in [0.4, 0.5) is 0 Å². The van der Waals surface area contributed by atoms with Crippen molar-refractivity contribution in [2.75, 3.05) is 19.7 Å². The summed E-state index contributed by atoms with van der Waals surface area (Å²) in [5.41, 5.74) is 5.96. The average Bonchev–Trinajstić information content (AvgIpc) is 3.14. The summed E-state index contributed by atoms with van der Waals surface area (Å²) >= 11 is 0. The van der Waals surface area contributed by atoms with Crippen LogP contribution in [0.25, 0.3) is 6.08 Å². The van der Waals surface area contributed by atoms with E-state index in [-0.39, 0.29) is 12.6 Å². The van der Waals surface area contributed by atoms with Gasteiger partial charge in [0.25, 0.3) is 0 Å². The molecule has 2 aromatic rings. The Kier molecular flexibility index (Phi) is 4.48. The third kappa shape index (κ3) is 3.26. The average molecular weight is 392 g/mol. The molecule has 29 heavy (non-hydrogen) atoms. The number of rotatable bonds is 5. The number of aliphatic hydroxyl groups is 1. The molecule has 3 fully saturated rings. The molecule has 0 saturated carbocycles. The number of nitriles is 1. The van der Waals surface area contributed by atoms with Crippen LogP contribution in [-0.4, -0.2) is 50.7 Å². The highest BCUT2D eigenvalue weighted by atomic mass is 16.5. The van der Waals surface area contributed by atoms with Crippen LogP contribution in [0.3, 0.4) is 0 Å². The zero-order valence-corrected chi connectivity index (χ0v) is 16.3. The number of nitrogens with one attached hydrogen (secondary N) is 1. The SMILES string of the molecule is C[C@H](O)COC1(c2ccc(C3CC4CN(C4)N3)nc2)C=Cc2c(C#N)cnn2C1. The van der Waals surface area contributed by atoms with Crippen LogP contribution in [-0.2, 0) is 16.9 Å². The zero-order chi connectivity index (χ0) is 20.0. The minimum absolute atomic E-state index is 0.189. The van der Waals surface area contributed by atoms with Gasteiger partial charge in [-0.25, -0.2) is 10.4 Å². The van der Waals surface area contributed by atoms with Gasteiger partial charge in [-0.2, -0.15) is 10.4 Å². The van der Waals surface area contributed by atoms with Crippen molar-refractivity contribution < 1.29 is 9.84 Å². The largest absolute Gasteiger partial charge is 0.391 e. The Hall–Kier alpha value is -2.57. The van der Waals surface area contributed by atoms with Crippen LogP contribution in [0.5, 0.6) is 0 Å². The summed E-state index contributed by atoms with van der Waals surface area (Å²) in [5, 5.41) is 25.6. The second kappa shape index (κ2) is 7.04. The minimum Gasteiger partial charge on any atom is -0.391 e. The van der Waals surface area contributed by atoms with Gasteiger partial charge in [0.05, 0.1) is 48.4 Å². The maximum Gasteiger partial charge on any atom is 0.133 e. The van der Waals surface area contributed by atoms with Gasteiger partial charge in [0.1, 0.15) is 11.7 Å². The Labute approximate surface area is 169 Å². The first-order valence-corrected chi connectivity index (χ1v) is 10.0. The second-order valence-corrected chi connectivity index (χ2v) is 8.26. The van der Waals surface area contributed by atoms with E-state index in [1.807, 2.05) is 24.4 Å². The van der Waals surface area contributed by atoms with E-state index in [9.17, 15) is 10.4 Å². The maximum absolute atomic E-state index is 9.78. The Morgan fingerprint density at radius 1 is 1.41 bits per heavy atom.